The molecule has 3 rings (SSSR count). The minimum Gasteiger partial charge on any atom is -0.481 e. The molecule has 0 amide bonds. The first-order valence-corrected chi connectivity index (χ1v) is 11.1. The third-order valence-electron chi connectivity index (χ3n) is 4.40. The number of carboxylic acids is 1. The first-order chi connectivity index (χ1) is 13.2. The average molecular weight is 406 g/mol. The Morgan fingerprint density at radius 1 is 1.25 bits per heavy atom. The van der Waals surface area contributed by atoms with E-state index in [9.17, 15) is 13.2 Å². The highest BCUT2D eigenvalue weighted by Gasteiger charge is 2.18. The van der Waals surface area contributed by atoms with Gasteiger partial charge in [-0.25, -0.2) is 8.42 Å². The quantitative estimate of drug-likeness (QED) is 0.538. The molecule has 1 aliphatic heterocycles. The van der Waals surface area contributed by atoms with Crippen molar-refractivity contribution >= 4 is 21.5 Å². The molecule has 6 nitrogen and oxygen atoms in total. The second kappa shape index (κ2) is 9.71. The number of benzene rings is 2. The van der Waals surface area contributed by atoms with E-state index in [1.165, 1.54) is 6.42 Å². The van der Waals surface area contributed by atoms with Gasteiger partial charge in [-0.05, 0) is 42.5 Å². The number of nitrogen functional groups attached to an aromatic ring is 1. The molecule has 1 saturated heterocycles. The van der Waals surface area contributed by atoms with Gasteiger partial charge in [0.1, 0.15) is 0 Å². The number of epoxide rings is 1. The van der Waals surface area contributed by atoms with Gasteiger partial charge in [0.15, 0.2) is 9.84 Å². The fourth-order valence-corrected chi connectivity index (χ4v) is 3.61. The topological polar surface area (TPSA) is 110 Å². The largest absolute Gasteiger partial charge is 0.481 e. The summed E-state index contributed by atoms with van der Waals surface area (Å²) in [5, 5.41) is 8.74. The molecular formula is C21H27NO5S. The highest BCUT2D eigenvalue weighted by atomic mass is 32.2. The van der Waals surface area contributed by atoms with Gasteiger partial charge in [-0.3, -0.25) is 4.79 Å². The highest BCUT2D eigenvalue weighted by Crippen LogP contribution is 2.33. The Bertz CT molecular complexity index is 906. The summed E-state index contributed by atoms with van der Waals surface area (Å²) < 4.78 is 28.9. The van der Waals surface area contributed by atoms with Crippen molar-refractivity contribution in [2.45, 2.75) is 43.6 Å². The summed E-state index contributed by atoms with van der Waals surface area (Å²) >= 11 is 0. The molecule has 0 saturated carbocycles. The maximum Gasteiger partial charge on any atom is 0.303 e. The number of hydrogen-bond acceptors (Lipinski definition) is 5. The Morgan fingerprint density at radius 2 is 1.89 bits per heavy atom. The van der Waals surface area contributed by atoms with Gasteiger partial charge >= 0.3 is 5.97 Å². The molecule has 1 unspecified atom stereocenters. The molecule has 0 aliphatic carbocycles. The Labute approximate surface area is 166 Å². The number of aryl methyl sites for hydroxylation is 1. The van der Waals surface area contributed by atoms with Crippen LogP contribution in [0.4, 0.5) is 5.69 Å². The molecule has 3 N–H and O–H groups in total. The number of sulfone groups is 1. The fraction of sp³-hybridized carbons (Fsp3) is 0.381. The Hall–Kier alpha value is -2.38. The van der Waals surface area contributed by atoms with E-state index in [4.69, 9.17) is 15.6 Å². The van der Waals surface area contributed by atoms with Crippen LogP contribution >= 0.6 is 0 Å². The van der Waals surface area contributed by atoms with Gasteiger partial charge in [-0.1, -0.05) is 37.3 Å². The van der Waals surface area contributed by atoms with Crippen molar-refractivity contribution in [3.05, 3.63) is 48.0 Å². The van der Waals surface area contributed by atoms with E-state index in [2.05, 4.69) is 6.92 Å². The number of carbonyl (C=O) groups is 1. The van der Waals surface area contributed by atoms with Crippen LogP contribution in [0.15, 0.2) is 47.4 Å². The highest BCUT2D eigenvalue weighted by molar-refractivity contribution is 7.90. The monoisotopic (exact) mass is 405 g/mol. The SMILES string of the molecule is CCC1CO1.CS(=O)(=O)c1cc(CCCC(=O)O)cc(-c2ccccc2)c1N. The number of rotatable bonds is 7. The summed E-state index contributed by atoms with van der Waals surface area (Å²) in [6.45, 7) is 3.15. The van der Waals surface area contributed by atoms with E-state index in [1.807, 2.05) is 36.4 Å². The van der Waals surface area contributed by atoms with Crippen LogP contribution in [-0.4, -0.2) is 38.5 Å². The smallest absolute Gasteiger partial charge is 0.303 e. The second-order valence-electron chi connectivity index (χ2n) is 6.80. The van der Waals surface area contributed by atoms with Gasteiger partial charge in [0, 0.05) is 18.2 Å². The van der Waals surface area contributed by atoms with Gasteiger partial charge in [-0.15, -0.1) is 0 Å². The molecule has 1 heterocycles. The molecule has 2 aromatic rings. The van der Waals surface area contributed by atoms with E-state index in [1.54, 1.807) is 6.07 Å². The van der Waals surface area contributed by atoms with Crippen LogP contribution in [0, 0.1) is 0 Å². The minimum absolute atomic E-state index is 0.0409. The molecular weight excluding hydrogens is 378 g/mol. The van der Waals surface area contributed by atoms with Crippen LogP contribution in [0.2, 0.25) is 0 Å². The third kappa shape index (κ3) is 6.65. The second-order valence-corrected chi connectivity index (χ2v) is 8.79. The van der Waals surface area contributed by atoms with E-state index in [0.29, 0.717) is 24.5 Å². The van der Waals surface area contributed by atoms with Crippen LogP contribution in [0.25, 0.3) is 11.1 Å². The Balaban J connectivity index is 0.000000485. The van der Waals surface area contributed by atoms with Crippen molar-refractivity contribution < 1.29 is 23.1 Å². The average Bonchev–Trinajstić information content (AvgIpc) is 3.47. The summed E-state index contributed by atoms with van der Waals surface area (Å²) in [4.78, 5) is 10.7. The number of nitrogens with two attached hydrogens (primary N) is 1. The standard InChI is InChI=1S/C17H19NO4S.C4H8O/c1-23(21,22)15-11-12(6-5-9-16(19)20)10-14(17(15)18)13-7-3-2-4-8-13;1-2-4-3-5-4/h2-4,7-8,10-11H,5-6,9,18H2,1H3,(H,19,20);4H,2-3H2,1H3. The summed E-state index contributed by atoms with van der Waals surface area (Å²) in [5.74, 6) is -0.868. The number of carboxylic acid groups (broad SMARTS) is 1. The lowest BCUT2D eigenvalue weighted by Gasteiger charge is -2.13. The molecule has 0 aromatic heterocycles. The summed E-state index contributed by atoms with van der Waals surface area (Å²) in [7, 11) is -3.47. The summed E-state index contributed by atoms with van der Waals surface area (Å²) in [5.41, 5.74) is 8.54. The van der Waals surface area contributed by atoms with Crippen LogP contribution in [0.1, 0.15) is 31.7 Å². The zero-order chi connectivity index (χ0) is 20.7. The molecule has 0 radical (unpaired) electrons. The minimum atomic E-state index is -3.47. The van der Waals surface area contributed by atoms with Crippen LogP contribution in [0.3, 0.4) is 0 Å². The van der Waals surface area contributed by atoms with E-state index in [0.717, 1.165) is 24.0 Å². The number of hydrogen-bond donors (Lipinski definition) is 2. The molecule has 152 valence electrons. The zero-order valence-electron chi connectivity index (χ0n) is 16.2. The number of ether oxygens (including phenoxy) is 1. The first kappa shape index (κ1) is 21.9. The van der Waals surface area contributed by atoms with Crippen molar-refractivity contribution in [3.63, 3.8) is 0 Å². The molecule has 0 spiro atoms. The number of aliphatic carboxylic acids is 1. The van der Waals surface area contributed by atoms with Crippen molar-refractivity contribution in [2.75, 3.05) is 18.6 Å². The fourth-order valence-electron chi connectivity index (χ4n) is 2.74. The predicted octanol–water partition coefficient (Wildman–Crippen LogP) is 3.54. The summed E-state index contributed by atoms with van der Waals surface area (Å²) in [6.07, 6.45) is 3.91. The summed E-state index contributed by atoms with van der Waals surface area (Å²) in [6, 6.07) is 12.7. The van der Waals surface area contributed by atoms with Gasteiger partial charge < -0.3 is 15.6 Å². The van der Waals surface area contributed by atoms with E-state index in [-0.39, 0.29) is 17.0 Å². The van der Waals surface area contributed by atoms with Crippen LogP contribution in [0.5, 0.6) is 0 Å². The first-order valence-electron chi connectivity index (χ1n) is 9.23. The van der Waals surface area contributed by atoms with Crippen molar-refractivity contribution in [1.29, 1.82) is 0 Å². The molecule has 0 bridgehead atoms. The van der Waals surface area contributed by atoms with E-state index >= 15 is 0 Å². The van der Waals surface area contributed by atoms with Gasteiger partial charge in [0.2, 0.25) is 0 Å². The Kier molecular flexibility index (Phi) is 7.60. The molecule has 1 atom stereocenters. The third-order valence-corrected chi connectivity index (χ3v) is 5.54. The molecule has 1 fully saturated rings. The lowest BCUT2D eigenvalue weighted by atomic mass is 9.98. The van der Waals surface area contributed by atoms with Crippen LogP contribution < -0.4 is 5.73 Å². The lowest BCUT2D eigenvalue weighted by Crippen LogP contribution is -2.06. The van der Waals surface area contributed by atoms with E-state index < -0.39 is 15.8 Å². The maximum atomic E-state index is 12.0. The normalized spacial score (nSPS) is 15.4. The molecule has 1 aliphatic rings. The molecule has 28 heavy (non-hydrogen) atoms. The van der Waals surface area contributed by atoms with Crippen molar-refractivity contribution in [1.82, 2.24) is 0 Å². The van der Waals surface area contributed by atoms with Crippen LogP contribution in [-0.2, 0) is 25.8 Å². The van der Waals surface area contributed by atoms with Gasteiger partial charge in [0.05, 0.1) is 23.3 Å². The lowest BCUT2D eigenvalue weighted by molar-refractivity contribution is -0.137. The zero-order valence-corrected chi connectivity index (χ0v) is 17.0. The maximum absolute atomic E-state index is 12.0. The predicted molar refractivity (Wildman–Crippen MR) is 110 cm³/mol. The van der Waals surface area contributed by atoms with Gasteiger partial charge in [0.25, 0.3) is 0 Å². The Morgan fingerprint density at radius 3 is 2.36 bits per heavy atom. The van der Waals surface area contributed by atoms with Gasteiger partial charge in [-0.2, -0.15) is 0 Å². The molecule has 7 heteroatoms. The number of anilines is 1. The van der Waals surface area contributed by atoms with Crippen molar-refractivity contribution in [2.24, 2.45) is 0 Å². The van der Waals surface area contributed by atoms with Crippen molar-refractivity contribution in [3.8, 4) is 11.1 Å². The molecule has 2 aromatic carbocycles.